The van der Waals surface area contributed by atoms with Gasteiger partial charge in [-0.1, -0.05) is 91.0 Å². The minimum absolute atomic E-state index is 0.111. The van der Waals surface area contributed by atoms with Crippen molar-refractivity contribution in [3.63, 3.8) is 0 Å². The Morgan fingerprint density at radius 2 is 0.648 bits per heavy atom. The smallest absolute Gasteiger partial charge is 0.255 e. The number of rotatable bonds is 9. The average Bonchev–Trinajstić information content (AvgIpc) is 3.19. The number of hydrogen-bond acceptors (Lipinski definition) is 6. The van der Waals surface area contributed by atoms with Gasteiger partial charge in [-0.15, -0.1) is 0 Å². The highest BCUT2D eigenvalue weighted by Crippen LogP contribution is 2.27. The van der Waals surface area contributed by atoms with Crippen molar-refractivity contribution in [1.82, 2.24) is 15.0 Å². The minimum Gasteiger partial charge on any atom is -0.321 e. The van der Waals surface area contributed by atoms with E-state index >= 15 is 0 Å². The number of carbonyl (C=O) groups is 3. The third kappa shape index (κ3) is 7.95. The van der Waals surface area contributed by atoms with Crippen LogP contribution in [0, 0.1) is 20.8 Å². The first-order valence-electron chi connectivity index (χ1n) is 17.4. The molecule has 9 heteroatoms. The molecule has 0 aliphatic rings. The maximum absolute atomic E-state index is 13.8. The summed E-state index contributed by atoms with van der Waals surface area (Å²) in [7, 11) is 0. The van der Waals surface area contributed by atoms with Gasteiger partial charge in [-0.2, -0.15) is 0 Å². The zero-order valence-electron chi connectivity index (χ0n) is 29.9. The molecule has 3 amide bonds. The maximum Gasteiger partial charge on any atom is 0.255 e. The van der Waals surface area contributed by atoms with E-state index in [1.54, 1.807) is 18.6 Å². The number of hydrogen-bond donors (Lipinski definition) is 3. The Kier molecular flexibility index (Phi) is 10.1. The molecule has 264 valence electrons. The van der Waals surface area contributed by atoms with Gasteiger partial charge in [0.05, 0.1) is 52.7 Å². The lowest BCUT2D eigenvalue weighted by Crippen LogP contribution is -2.19. The van der Waals surface area contributed by atoms with Gasteiger partial charge in [0.1, 0.15) is 0 Å². The second-order valence-corrected chi connectivity index (χ2v) is 12.9. The fraction of sp³-hybridized carbons (Fsp3) is 0.0667. The summed E-state index contributed by atoms with van der Waals surface area (Å²) in [6.45, 7) is 5.76. The summed E-state index contributed by atoms with van der Waals surface area (Å²) in [6.07, 6.45) is 4.75. The Morgan fingerprint density at radius 3 is 0.889 bits per heavy atom. The van der Waals surface area contributed by atoms with Gasteiger partial charge in [-0.25, -0.2) is 0 Å². The van der Waals surface area contributed by atoms with Crippen LogP contribution in [0.5, 0.6) is 0 Å². The van der Waals surface area contributed by atoms with Gasteiger partial charge >= 0.3 is 0 Å². The van der Waals surface area contributed by atoms with Crippen LogP contribution in [0.3, 0.4) is 0 Å². The predicted molar refractivity (Wildman–Crippen MR) is 214 cm³/mol. The molecule has 0 saturated heterocycles. The number of aryl methyl sites for hydroxylation is 3. The molecule has 0 fully saturated rings. The number of nitrogens with zero attached hydrogens (tertiary/aromatic N) is 3. The quantitative estimate of drug-likeness (QED) is 0.137. The van der Waals surface area contributed by atoms with E-state index in [-0.39, 0.29) is 16.7 Å². The summed E-state index contributed by atoms with van der Waals surface area (Å²) in [6, 6.07) is 39.2. The summed E-state index contributed by atoms with van der Waals surface area (Å²) >= 11 is 0. The van der Waals surface area contributed by atoms with Crippen molar-refractivity contribution in [3.8, 4) is 33.8 Å². The first-order valence-corrected chi connectivity index (χ1v) is 17.4. The lowest BCUT2D eigenvalue weighted by Gasteiger charge is -2.13. The molecule has 0 bridgehead atoms. The van der Waals surface area contributed by atoms with Crippen LogP contribution in [0.25, 0.3) is 33.8 Å². The molecule has 0 radical (unpaired) electrons. The lowest BCUT2D eigenvalue weighted by atomic mass is 10.0. The van der Waals surface area contributed by atoms with Crippen LogP contribution in [0.2, 0.25) is 0 Å². The Morgan fingerprint density at radius 1 is 0.389 bits per heavy atom. The van der Waals surface area contributed by atoms with Gasteiger partial charge in [0.15, 0.2) is 0 Å². The highest BCUT2D eigenvalue weighted by atomic mass is 16.2. The van der Waals surface area contributed by atoms with Crippen LogP contribution in [-0.2, 0) is 0 Å². The standard InChI is InChI=1S/C45H36N6O3/c1-28-19-37(25-46-40(28)31-13-7-4-8-14-31)49-43(52)34-22-35(44(53)50-38-20-29(2)41(47-26-38)32-15-9-5-10-16-32)24-36(23-34)45(54)51-39-21-30(3)42(48-27-39)33-17-11-6-12-18-33/h4-27H,1-3H3,(H,49,52)(H,50,53)(H,51,54). The van der Waals surface area contributed by atoms with Crippen molar-refractivity contribution < 1.29 is 14.4 Å². The lowest BCUT2D eigenvalue weighted by molar-refractivity contribution is 0.102. The Labute approximate surface area is 313 Å². The number of anilines is 3. The van der Waals surface area contributed by atoms with Crippen LogP contribution in [0.4, 0.5) is 17.1 Å². The number of aromatic nitrogens is 3. The molecule has 3 N–H and O–H groups in total. The molecule has 0 unspecified atom stereocenters. The Hall–Kier alpha value is -7.26. The second-order valence-electron chi connectivity index (χ2n) is 12.9. The molecule has 7 aromatic rings. The topological polar surface area (TPSA) is 126 Å². The molecule has 3 heterocycles. The second kappa shape index (κ2) is 15.5. The SMILES string of the molecule is Cc1cc(NC(=O)c2cc(C(=O)Nc3cnc(-c4ccccc4)c(C)c3)cc(C(=O)Nc3cnc(-c4ccccc4)c(C)c3)c2)cnc1-c1ccccc1. The molecule has 0 spiro atoms. The fourth-order valence-corrected chi connectivity index (χ4v) is 6.25. The van der Waals surface area contributed by atoms with Crippen LogP contribution in [-0.4, -0.2) is 32.7 Å². The maximum atomic E-state index is 13.8. The number of benzene rings is 4. The summed E-state index contributed by atoms with van der Waals surface area (Å²) in [4.78, 5) is 55.0. The first-order chi connectivity index (χ1) is 26.2. The molecular weight excluding hydrogens is 673 g/mol. The van der Waals surface area contributed by atoms with Gasteiger partial charge < -0.3 is 16.0 Å². The van der Waals surface area contributed by atoms with Crippen LogP contribution in [0.1, 0.15) is 47.8 Å². The molecular formula is C45H36N6O3. The Balaban J connectivity index is 1.17. The third-order valence-corrected chi connectivity index (χ3v) is 8.87. The van der Waals surface area contributed by atoms with Crippen molar-refractivity contribution in [3.05, 3.63) is 179 Å². The predicted octanol–water partition coefficient (Wildman–Crippen LogP) is 9.55. The number of carbonyl (C=O) groups excluding carboxylic acids is 3. The summed E-state index contributed by atoms with van der Waals surface area (Å²) in [5, 5.41) is 8.65. The minimum atomic E-state index is -0.512. The molecule has 0 atom stereocenters. The van der Waals surface area contributed by atoms with E-state index in [1.807, 2.05) is 130 Å². The van der Waals surface area contributed by atoms with Gasteiger partial charge in [-0.3, -0.25) is 29.3 Å². The largest absolute Gasteiger partial charge is 0.321 e. The van der Waals surface area contributed by atoms with E-state index < -0.39 is 17.7 Å². The molecule has 7 rings (SSSR count). The zero-order valence-corrected chi connectivity index (χ0v) is 29.9. The van der Waals surface area contributed by atoms with E-state index in [0.717, 1.165) is 50.5 Å². The van der Waals surface area contributed by atoms with Crippen LogP contribution in [0.15, 0.2) is 146 Å². The highest BCUT2D eigenvalue weighted by molar-refractivity contribution is 6.13. The van der Waals surface area contributed by atoms with E-state index in [9.17, 15) is 14.4 Å². The molecule has 3 aromatic heterocycles. The fourth-order valence-electron chi connectivity index (χ4n) is 6.25. The molecule has 0 saturated carbocycles. The molecule has 54 heavy (non-hydrogen) atoms. The van der Waals surface area contributed by atoms with E-state index in [4.69, 9.17) is 0 Å². The van der Waals surface area contributed by atoms with Crippen molar-refractivity contribution in [2.45, 2.75) is 20.8 Å². The summed E-state index contributed by atoms with van der Waals surface area (Å²) < 4.78 is 0. The molecule has 0 aliphatic heterocycles. The molecule has 9 nitrogen and oxygen atoms in total. The van der Waals surface area contributed by atoms with Crippen LogP contribution < -0.4 is 16.0 Å². The average molecular weight is 709 g/mol. The normalized spacial score (nSPS) is 10.7. The first kappa shape index (κ1) is 35.2. The number of amides is 3. The summed E-state index contributed by atoms with van der Waals surface area (Å²) in [5.41, 5.74) is 9.64. The van der Waals surface area contributed by atoms with Gasteiger partial charge in [-0.05, 0) is 73.9 Å². The Bertz CT molecular complexity index is 2210. The molecule has 0 aliphatic carbocycles. The third-order valence-electron chi connectivity index (χ3n) is 8.87. The van der Waals surface area contributed by atoms with Crippen molar-refractivity contribution in [2.75, 3.05) is 16.0 Å². The summed E-state index contributed by atoms with van der Waals surface area (Å²) in [5.74, 6) is -1.54. The van der Waals surface area contributed by atoms with Gasteiger partial charge in [0, 0.05) is 33.4 Å². The highest BCUT2D eigenvalue weighted by Gasteiger charge is 2.19. The van der Waals surface area contributed by atoms with E-state index in [0.29, 0.717) is 17.1 Å². The monoisotopic (exact) mass is 708 g/mol. The zero-order chi connectivity index (χ0) is 37.6. The van der Waals surface area contributed by atoms with Gasteiger partial charge in [0.2, 0.25) is 0 Å². The number of nitrogens with one attached hydrogen (secondary N) is 3. The van der Waals surface area contributed by atoms with Crippen molar-refractivity contribution in [2.24, 2.45) is 0 Å². The van der Waals surface area contributed by atoms with E-state index in [1.165, 1.54) is 18.2 Å². The van der Waals surface area contributed by atoms with Crippen LogP contribution >= 0.6 is 0 Å². The van der Waals surface area contributed by atoms with Crippen molar-refractivity contribution in [1.29, 1.82) is 0 Å². The van der Waals surface area contributed by atoms with Crippen molar-refractivity contribution >= 4 is 34.8 Å². The number of pyridine rings is 3. The molecule has 4 aromatic carbocycles. The van der Waals surface area contributed by atoms with Gasteiger partial charge in [0.25, 0.3) is 17.7 Å². The van der Waals surface area contributed by atoms with E-state index in [2.05, 4.69) is 30.9 Å².